The molecular weight excluding hydrogens is 469 g/mol. The van der Waals surface area contributed by atoms with Gasteiger partial charge in [0, 0.05) is 25.2 Å². The summed E-state index contributed by atoms with van der Waals surface area (Å²) in [6, 6.07) is 1.49. The molecular formula is C24H32FN7O4. The number of aromatic nitrogens is 5. The number of nitrogens with zero attached hydrogens (tertiary/aromatic N) is 6. The molecule has 4 rings (SSSR count). The van der Waals surface area contributed by atoms with Crippen LogP contribution in [-0.4, -0.2) is 72.5 Å². The Kier molecular flexibility index (Phi) is 6.74. The molecule has 0 aromatic carbocycles. The molecule has 0 bridgehead atoms. The first-order valence-corrected chi connectivity index (χ1v) is 11.8. The molecule has 3 aromatic heterocycles. The van der Waals surface area contributed by atoms with Crippen molar-refractivity contribution in [2.45, 2.75) is 64.7 Å². The van der Waals surface area contributed by atoms with E-state index in [4.69, 9.17) is 9.47 Å². The Balaban J connectivity index is 1.61. The van der Waals surface area contributed by atoms with Crippen LogP contribution in [-0.2, 0) is 10.3 Å². The zero-order valence-corrected chi connectivity index (χ0v) is 21.4. The van der Waals surface area contributed by atoms with Crippen LogP contribution >= 0.6 is 0 Å². The van der Waals surface area contributed by atoms with E-state index in [9.17, 15) is 14.3 Å². The van der Waals surface area contributed by atoms with Crippen molar-refractivity contribution >= 4 is 17.7 Å². The standard InChI is InChI=1S/C24H32FN7O4/c1-23(2,3)36-22(33)31-9-7-8-14(13-31)28-21-27-11-15(25)19(29-21)16-12-26-18-10-17(35-6)20(24(4,5)34)30-32(16)18/h10-12,14,34H,7-9,13H2,1-6H3,(H,27,28,29). The third-order valence-corrected chi connectivity index (χ3v) is 5.65. The first-order chi connectivity index (χ1) is 16.9. The first-order valence-electron chi connectivity index (χ1n) is 11.8. The molecule has 1 aliphatic heterocycles. The van der Waals surface area contributed by atoms with Crippen molar-refractivity contribution in [2.24, 2.45) is 0 Å². The maximum absolute atomic E-state index is 14.9. The molecule has 36 heavy (non-hydrogen) atoms. The molecule has 1 amide bonds. The molecule has 0 aliphatic carbocycles. The van der Waals surface area contributed by atoms with Gasteiger partial charge in [0.15, 0.2) is 11.5 Å². The maximum atomic E-state index is 14.9. The number of hydrogen-bond acceptors (Lipinski definition) is 9. The summed E-state index contributed by atoms with van der Waals surface area (Å²) in [5.41, 5.74) is -0.918. The van der Waals surface area contributed by atoms with E-state index in [1.165, 1.54) is 17.8 Å². The third-order valence-electron chi connectivity index (χ3n) is 5.65. The van der Waals surface area contributed by atoms with Gasteiger partial charge in [-0.05, 0) is 47.5 Å². The monoisotopic (exact) mass is 501 g/mol. The lowest BCUT2D eigenvalue weighted by Crippen LogP contribution is -2.47. The number of nitrogens with one attached hydrogen (secondary N) is 1. The molecule has 1 aliphatic rings. The molecule has 4 heterocycles. The van der Waals surface area contributed by atoms with Gasteiger partial charge in [-0.1, -0.05) is 0 Å². The van der Waals surface area contributed by atoms with Crippen molar-refractivity contribution in [3.05, 3.63) is 30.0 Å². The summed E-state index contributed by atoms with van der Waals surface area (Å²) in [5.74, 6) is -0.0677. The van der Waals surface area contributed by atoms with Gasteiger partial charge in [-0.25, -0.2) is 28.7 Å². The second-order valence-electron chi connectivity index (χ2n) is 10.3. The van der Waals surface area contributed by atoms with Crippen LogP contribution in [0.1, 0.15) is 53.2 Å². The van der Waals surface area contributed by atoms with Gasteiger partial charge < -0.3 is 24.8 Å². The summed E-state index contributed by atoms with van der Waals surface area (Å²) in [4.78, 5) is 26.9. The second kappa shape index (κ2) is 9.49. The molecule has 1 fully saturated rings. The highest BCUT2D eigenvalue weighted by Crippen LogP contribution is 2.31. The van der Waals surface area contributed by atoms with Gasteiger partial charge in [-0.2, -0.15) is 5.10 Å². The van der Waals surface area contributed by atoms with Crippen LogP contribution in [0.4, 0.5) is 15.1 Å². The largest absolute Gasteiger partial charge is 0.495 e. The summed E-state index contributed by atoms with van der Waals surface area (Å²) in [6.07, 6.45) is 3.74. The molecule has 0 radical (unpaired) electrons. The number of amides is 1. The van der Waals surface area contributed by atoms with Crippen LogP contribution < -0.4 is 10.1 Å². The van der Waals surface area contributed by atoms with E-state index in [-0.39, 0.29) is 29.5 Å². The van der Waals surface area contributed by atoms with Gasteiger partial charge in [0.2, 0.25) is 5.95 Å². The van der Waals surface area contributed by atoms with Gasteiger partial charge in [0.05, 0.1) is 19.5 Å². The van der Waals surface area contributed by atoms with E-state index in [1.54, 1.807) is 24.8 Å². The summed E-state index contributed by atoms with van der Waals surface area (Å²) in [7, 11) is 1.48. The number of halogens is 1. The number of imidazole rings is 1. The normalized spacial score (nSPS) is 16.8. The van der Waals surface area contributed by atoms with E-state index in [0.29, 0.717) is 30.2 Å². The Morgan fingerprint density at radius 2 is 1.97 bits per heavy atom. The topological polar surface area (TPSA) is 127 Å². The zero-order chi connectivity index (χ0) is 26.3. The predicted octanol–water partition coefficient (Wildman–Crippen LogP) is 3.37. The van der Waals surface area contributed by atoms with Crippen LogP contribution in [0.15, 0.2) is 18.5 Å². The average Bonchev–Trinajstić information content (AvgIpc) is 3.21. The molecule has 1 atom stereocenters. The van der Waals surface area contributed by atoms with Crippen molar-refractivity contribution in [1.82, 2.24) is 29.5 Å². The van der Waals surface area contributed by atoms with Gasteiger partial charge in [-0.15, -0.1) is 0 Å². The maximum Gasteiger partial charge on any atom is 0.410 e. The summed E-state index contributed by atoms with van der Waals surface area (Å²) in [5, 5.41) is 18.2. The highest BCUT2D eigenvalue weighted by molar-refractivity contribution is 5.68. The molecule has 0 spiro atoms. The molecule has 1 unspecified atom stereocenters. The van der Waals surface area contributed by atoms with Gasteiger partial charge >= 0.3 is 6.09 Å². The fourth-order valence-corrected chi connectivity index (χ4v) is 4.03. The Labute approximate surface area is 208 Å². The Morgan fingerprint density at radius 1 is 1.22 bits per heavy atom. The summed E-state index contributed by atoms with van der Waals surface area (Å²) < 4.78 is 27.1. The number of methoxy groups -OCH3 is 1. The van der Waals surface area contributed by atoms with Crippen molar-refractivity contribution in [2.75, 3.05) is 25.5 Å². The molecule has 194 valence electrons. The number of carbonyl (C=O) groups excluding carboxylic acids is 1. The number of likely N-dealkylation sites (tertiary alicyclic amines) is 1. The summed E-state index contributed by atoms with van der Waals surface area (Å²) in [6.45, 7) is 9.66. The van der Waals surface area contributed by atoms with E-state index >= 15 is 0 Å². The fraction of sp³-hybridized carbons (Fsp3) is 0.542. The number of aliphatic hydroxyl groups is 1. The predicted molar refractivity (Wildman–Crippen MR) is 130 cm³/mol. The van der Waals surface area contributed by atoms with Crippen LogP contribution in [0.5, 0.6) is 5.75 Å². The lowest BCUT2D eigenvalue weighted by molar-refractivity contribution is 0.0206. The lowest BCUT2D eigenvalue weighted by atomic mass is 10.0. The molecule has 3 aromatic rings. The van der Waals surface area contributed by atoms with E-state index in [1.807, 2.05) is 20.8 Å². The second-order valence-corrected chi connectivity index (χ2v) is 10.3. The minimum Gasteiger partial charge on any atom is -0.495 e. The van der Waals surface area contributed by atoms with Crippen LogP contribution in [0.25, 0.3) is 17.0 Å². The number of carbonyl (C=O) groups is 1. The summed E-state index contributed by atoms with van der Waals surface area (Å²) >= 11 is 0. The molecule has 0 saturated carbocycles. The SMILES string of the molecule is COc1cc2ncc(-c3nc(NC4CCCN(C(=O)OC(C)(C)C)C4)ncc3F)n2nc1C(C)(C)O. The highest BCUT2D eigenvalue weighted by atomic mass is 19.1. The van der Waals surface area contributed by atoms with Gasteiger partial charge in [0.25, 0.3) is 0 Å². The Morgan fingerprint density at radius 3 is 2.64 bits per heavy atom. The van der Waals surface area contributed by atoms with Crippen molar-refractivity contribution in [1.29, 1.82) is 0 Å². The van der Waals surface area contributed by atoms with Crippen LogP contribution in [0.3, 0.4) is 0 Å². The molecule has 1 saturated heterocycles. The van der Waals surface area contributed by atoms with E-state index in [0.717, 1.165) is 19.0 Å². The minimum absolute atomic E-state index is 0.000768. The third kappa shape index (κ3) is 5.48. The van der Waals surface area contributed by atoms with E-state index in [2.05, 4.69) is 25.4 Å². The molecule has 2 N–H and O–H groups in total. The fourth-order valence-electron chi connectivity index (χ4n) is 4.03. The number of ether oxygens (including phenoxy) is 2. The average molecular weight is 502 g/mol. The van der Waals surface area contributed by atoms with Crippen molar-refractivity contribution in [3.8, 4) is 17.1 Å². The minimum atomic E-state index is -1.31. The van der Waals surface area contributed by atoms with Crippen LogP contribution in [0, 0.1) is 5.82 Å². The number of anilines is 1. The van der Waals surface area contributed by atoms with Crippen molar-refractivity contribution < 1.29 is 23.8 Å². The number of fused-ring (bicyclic) bond motifs is 1. The number of piperidine rings is 1. The number of rotatable bonds is 5. The highest BCUT2D eigenvalue weighted by Gasteiger charge is 2.29. The number of hydrogen-bond donors (Lipinski definition) is 2. The van der Waals surface area contributed by atoms with Gasteiger partial charge in [-0.3, -0.25) is 0 Å². The smallest absolute Gasteiger partial charge is 0.410 e. The van der Waals surface area contributed by atoms with Gasteiger partial charge in [0.1, 0.15) is 34.0 Å². The van der Waals surface area contributed by atoms with Crippen LogP contribution in [0.2, 0.25) is 0 Å². The van der Waals surface area contributed by atoms with E-state index < -0.39 is 17.0 Å². The Bertz CT molecular complexity index is 1270. The Hall–Kier alpha value is -3.54. The first kappa shape index (κ1) is 25.5. The van der Waals surface area contributed by atoms with Crippen molar-refractivity contribution in [3.63, 3.8) is 0 Å². The molecule has 11 nitrogen and oxygen atoms in total. The zero-order valence-electron chi connectivity index (χ0n) is 21.4. The quantitative estimate of drug-likeness (QED) is 0.541. The lowest BCUT2D eigenvalue weighted by Gasteiger charge is -2.34. The molecule has 12 heteroatoms.